The Hall–Kier alpha value is -2.40. The monoisotopic (exact) mass is 402 g/mol. The quantitative estimate of drug-likeness (QED) is 0.650. The number of benzene rings is 1. The number of nitrogens with zero attached hydrogens (tertiary/aromatic N) is 2. The molecule has 3 aliphatic rings. The molecule has 0 spiro atoms. The molecule has 1 aromatic carbocycles. The van der Waals surface area contributed by atoms with Crippen LogP contribution in [0.4, 0.5) is 0 Å². The molecule has 5 nitrogen and oxygen atoms in total. The minimum atomic E-state index is 0.0980. The molecule has 0 radical (unpaired) electrons. The average Bonchev–Trinajstić information content (AvgIpc) is 3.49. The lowest BCUT2D eigenvalue weighted by Gasteiger charge is -2.25. The molecule has 0 unspecified atom stereocenters. The maximum Gasteiger partial charge on any atom is 0.253 e. The second-order valence-electron chi connectivity index (χ2n) is 9.49. The summed E-state index contributed by atoms with van der Waals surface area (Å²) >= 11 is 0. The Morgan fingerprint density at radius 2 is 1.83 bits per heavy atom. The molecule has 2 saturated carbocycles. The van der Waals surface area contributed by atoms with Gasteiger partial charge in [0.2, 0.25) is 0 Å². The van der Waals surface area contributed by atoms with Crippen molar-refractivity contribution in [2.45, 2.75) is 82.8 Å². The van der Waals surface area contributed by atoms with E-state index in [4.69, 9.17) is 5.10 Å². The first-order valence-electron chi connectivity index (χ1n) is 11.7. The number of hydrogen-bond donors (Lipinski definition) is 2. The van der Waals surface area contributed by atoms with Crippen LogP contribution in [0.25, 0.3) is 11.0 Å². The fraction of sp³-hybridized carbons (Fsp3) is 0.520. The second-order valence-corrected chi connectivity index (χ2v) is 9.49. The van der Waals surface area contributed by atoms with Gasteiger partial charge in [0.25, 0.3) is 5.56 Å². The molecular weight excluding hydrogens is 372 g/mol. The zero-order valence-corrected chi connectivity index (χ0v) is 17.5. The fourth-order valence-corrected chi connectivity index (χ4v) is 5.16. The van der Waals surface area contributed by atoms with Crippen LogP contribution < -0.4 is 10.9 Å². The smallest absolute Gasteiger partial charge is 0.253 e. The van der Waals surface area contributed by atoms with E-state index in [9.17, 15) is 4.79 Å². The molecule has 3 aromatic rings. The van der Waals surface area contributed by atoms with Crippen molar-refractivity contribution in [2.24, 2.45) is 0 Å². The number of aromatic nitrogens is 3. The van der Waals surface area contributed by atoms with Gasteiger partial charge >= 0.3 is 0 Å². The third-order valence-corrected chi connectivity index (χ3v) is 7.24. The molecular formula is C25H30N4O. The van der Waals surface area contributed by atoms with Crippen molar-refractivity contribution in [3.05, 3.63) is 62.6 Å². The fourth-order valence-electron chi connectivity index (χ4n) is 5.16. The summed E-state index contributed by atoms with van der Waals surface area (Å²) in [5, 5.41) is 9.96. The van der Waals surface area contributed by atoms with Crippen molar-refractivity contribution in [3.8, 4) is 0 Å². The summed E-state index contributed by atoms with van der Waals surface area (Å²) in [5.74, 6) is 0.555. The normalized spacial score (nSPS) is 19.1. The van der Waals surface area contributed by atoms with E-state index in [-0.39, 0.29) is 5.56 Å². The van der Waals surface area contributed by atoms with E-state index in [1.165, 1.54) is 66.3 Å². The van der Waals surface area contributed by atoms with Crippen molar-refractivity contribution in [1.29, 1.82) is 0 Å². The van der Waals surface area contributed by atoms with E-state index in [0.717, 1.165) is 37.0 Å². The summed E-state index contributed by atoms with van der Waals surface area (Å²) in [4.78, 5) is 16.1. The maximum atomic E-state index is 12.8. The largest absolute Gasteiger partial charge is 0.310 e. The summed E-state index contributed by atoms with van der Waals surface area (Å²) in [6.07, 6.45) is 10.6. The molecule has 0 saturated heterocycles. The highest BCUT2D eigenvalue weighted by molar-refractivity contribution is 5.84. The molecule has 3 aliphatic carbocycles. The van der Waals surface area contributed by atoms with Crippen LogP contribution >= 0.6 is 0 Å². The van der Waals surface area contributed by atoms with Gasteiger partial charge in [0.1, 0.15) is 5.65 Å². The van der Waals surface area contributed by atoms with Crippen LogP contribution in [0, 0.1) is 0 Å². The van der Waals surface area contributed by atoms with Gasteiger partial charge < -0.3 is 10.3 Å². The molecule has 2 aromatic heterocycles. The lowest BCUT2D eigenvalue weighted by molar-refractivity contribution is 0.408. The molecule has 6 rings (SSSR count). The highest BCUT2D eigenvalue weighted by Crippen LogP contribution is 2.41. The molecule has 5 heteroatoms. The molecule has 2 heterocycles. The number of aromatic amines is 1. The predicted octanol–water partition coefficient (Wildman–Crippen LogP) is 4.17. The Labute approximate surface area is 176 Å². The Balaban J connectivity index is 1.40. The number of rotatable bonds is 6. The lowest BCUT2D eigenvalue weighted by Crippen LogP contribution is -2.20. The molecule has 0 bridgehead atoms. The second kappa shape index (κ2) is 7.38. The number of H-pyrrole nitrogens is 1. The topological polar surface area (TPSA) is 62.7 Å². The maximum absolute atomic E-state index is 12.8. The number of fused-ring (bicyclic) bond motifs is 3. The number of hydrogen-bond acceptors (Lipinski definition) is 3. The molecule has 0 amide bonds. The summed E-state index contributed by atoms with van der Waals surface area (Å²) in [5.41, 5.74) is 7.13. The van der Waals surface area contributed by atoms with Crippen LogP contribution in [-0.2, 0) is 25.9 Å². The van der Waals surface area contributed by atoms with Gasteiger partial charge in [0.15, 0.2) is 0 Å². The minimum Gasteiger partial charge on any atom is -0.310 e. The van der Waals surface area contributed by atoms with Crippen LogP contribution in [0.2, 0.25) is 0 Å². The molecule has 2 fully saturated rings. The first-order chi connectivity index (χ1) is 14.8. The van der Waals surface area contributed by atoms with Crippen LogP contribution in [0.15, 0.2) is 29.1 Å². The molecule has 2 N–H and O–H groups in total. The van der Waals surface area contributed by atoms with Crippen molar-refractivity contribution in [1.82, 2.24) is 20.1 Å². The van der Waals surface area contributed by atoms with Crippen LogP contribution in [-0.4, -0.2) is 20.8 Å². The van der Waals surface area contributed by atoms with Gasteiger partial charge in [-0.2, -0.15) is 5.10 Å². The van der Waals surface area contributed by atoms with Gasteiger partial charge in [-0.1, -0.05) is 30.7 Å². The van der Waals surface area contributed by atoms with Crippen LogP contribution in [0.1, 0.15) is 78.8 Å². The van der Waals surface area contributed by atoms with Gasteiger partial charge in [-0.15, -0.1) is 0 Å². The van der Waals surface area contributed by atoms with E-state index in [1.807, 2.05) is 0 Å². The first-order valence-corrected chi connectivity index (χ1v) is 11.7. The molecule has 156 valence electrons. The van der Waals surface area contributed by atoms with Gasteiger partial charge in [-0.25, -0.2) is 4.68 Å². The van der Waals surface area contributed by atoms with Crippen molar-refractivity contribution in [3.63, 3.8) is 0 Å². The van der Waals surface area contributed by atoms with Crippen LogP contribution in [0.3, 0.4) is 0 Å². The average molecular weight is 403 g/mol. The summed E-state index contributed by atoms with van der Waals surface area (Å²) in [6.45, 7) is 1.63. The van der Waals surface area contributed by atoms with E-state index >= 15 is 0 Å². The van der Waals surface area contributed by atoms with E-state index in [1.54, 1.807) is 0 Å². The summed E-state index contributed by atoms with van der Waals surface area (Å²) in [6, 6.07) is 9.50. The van der Waals surface area contributed by atoms with Gasteiger partial charge in [-0.3, -0.25) is 4.79 Å². The Morgan fingerprint density at radius 3 is 2.60 bits per heavy atom. The predicted molar refractivity (Wildman–Crippen MR) is 119 cm³/mol. The number of pyridine rings is 1. The van der Waals surface area contributed by atoms with Crippen LogP contribution in [0.5, 0.6) is 0 Å². The third-order valence-electron chi connectivity index (χ3n) is 7.24. The van der Waals surface area contributed by atoms with Gasteiger partial charge in [0, 0.05) is 29.5 Å². The number of nitrogens with one attached hydrogen (secondary N) is 2. The highest BCUT2D eigenvalue weighted by atomic mass is 16.1. The SMILES string of the molecule is O=c1[nH]c2c(c(C3CCC3)nn2Cc2cccc(CNC3CC3)c2)c2c1CCCC2. The highest BCUT2D eigenvalue weighted by Gasteiger charge is 2.29. The first kappa shape index (κ1) is 18.4. The van der Waals surface area contributed by atoms with Crippen molar-refractivity contribution >= 4 is 11.0 Å². The molecule has 30 heavy (non-hydrogen) atoms. The summed E-state index contributed by atoms with van der Waals surface area (Å²) < 4.78 is 2.06. The van der Waals surface area contributed by atoms with Crippen molar-refractivity contribution in [2.75, 3.05) is 0 Å². The van der Waals surface area contributed by atoms with E-state index in [0.29, 0.717) is 18.5 Å². The zero-order valence-electron chi connectivity index (χ0n) is 17.5. The number of aryl methyl sites for hydroxylation is 1. The van der Waals surface area contributed by atoms with E-state index in [2.05, 4.69) is 39.2 Å². The molecule has 0 aliphatic heterocycles. The Kier molecular flexibility index (Phi) is 4.52. The van der Waals surface area contributed by atoms with Gasteiger partial charge in [-0.05, 0) is 68.1 Å². The van der Waals surface area contributed by atoms with E-state index < -0.39 is 0 Å². The standard InChI is InChI=1S/C25H30N4O/c30-25-21-10-2-1-9-20(21)22-23(18-7-4-8-18)28-29(24(22)27-25)15-17-6-3-5-16(13-17)14-26-19-11-12-19/h3,5-6,13,18-19,26H,1-2,4,7-12,14-15H2,(H,27,30). The zero-order chi connectivity index (χ0) is 20.1. The van der Waals surface area contributed by atoms with Crippen molar-refractivity contribution < 1.29 is 0 Å². The Morgan fingerprint density at radius 1 is 1.03 bits per heavy atom. The minimum absolute atomic E-state index is 0.0980. The summed E-state index contributed by atoms with van der Waals surface area (Å²) in [7, 11) is 0. The molecule has 0 atom stereocenters. The van der Waals surface area contributed by atoms with Gasteiger partial charge in [0.05, 0.1) is 12.2 Å². The third kappa shape index (κ3) is 3.29. The Bertz CT molecular complexity index is 1150. The lowest BCUT2D eigenvalue weighted by atomic mass is 9.80.